The number of likely N-dealkylation sites (N-methyl/N-ethyl adjacent to an activating group) is 1. The number of esters is 1. The Morgan fingerprint density at radius 2 is 1.72 bits per heavy atom. The molecule has 0 aliphatic rings. The summed E-state index contributed by atoms with van der Waals surface area (Å²) in [5.41, 5.74) is 2.66. The molecule has 2 aromatic carbocycles. The monoisotopic (exact) mass is 434 g/mol. The molecule has 0 atom stereocenters. The Balaban J connectivity index is 0.00000300. The highest BCUT2D eigenvalue weighted by Gasteiger charge is 2.24. The molecule has 0 aliphatic carbocycles. The fourth-order valence-corrected chi connectivity index (χ4v) is 3.83. The summed E-state index contributed by atoms with van der Waals surface area (Å²) in [5.74, 6) is -0.295. The number of hydrogen-bond donors (Lipinski definition) is 0. The zero-order valence-electron chi connectivity index (χ0n) is 17.2. The van der Waals surface area contributed by atoms with Crippen molar-refractivity contribution in [2.45, 2.75) is 27.3 Å². The van der Waals surface area contributed by atoms with Crippen LogP contribution in [-0.4, -0.2) is 41.7 Å². The first-order valence-corrected chi connectivity index (χ1v) is 10.2. The van der Waals surface area contributed by atoms with Crippen molar-refractivity contribution in [3.05, 3.63) is 59.2 Å². The van der Waals surface area contributed by atoms with Crippen molar-refractivity contribution < 1.29 is 9.53 Å². The molecule has 4 nitrogen and oxygen atoms in total. The topological polar surface area (TPSA) is 34.5 Å². The lowest BCUT2D eigenvalue weighted by Crippen LogP contribution is -2.28. The molecule has 0 amide bonds. The molecule has 0 fully saturated rings. The van der Waals surface area contributed by atoms with Crippen LogP contribution in [0.4, 0.5) is 0 Å². The molecule has 3 aromatic rings. The van der Waals surface area contributed by atoms with Crippen LogP contribution in [0.1, 0.15) is 31.3 Å². The Labute approximate surface area is 183 Å². The van der Waals surface area contributed by atoms with Gasteiger partial charge in [0.25, 0.3) is 0 Å². The smallest absolute Gasteiger partial charge is 0.355 e. The van der Waals surface area contributed by atoms with Crippen LogP contribution < -0.4 is 0 Å². The van der Waals surface area contributed by atoms with Crippen molar-refractivity contribution in [3.63, 3.8) is 0 Å². The zero-order chi connectivity index (χ0) is 20.1. The second-order valence-corrected chi connectivity index (χ2v) is 7.09. The van der Waals surface area contributed by atoms with Gasteiger partial charge < -0.3 is 14.2 Å². The lowest BCUT2D eigenvalue weighted by Gasteiger charge is -2.20. The van der Waals surface area contributed by atoms with Gasteiger partial charge in [0.1, 0.15) is 5.69 Å². The third-order valence-electron chi connectivity index (χ3n) is 5.08. The van der Waals surface area contributed by atoms with Crippen molar-refractivity contribution in [2.24, 2.45) is 0 Å². The van der Waals surface area contributed by atoms with Crippen LogP contribution in [0, 0.1) is 0 Å². The predicted molar refractivity (Wildman–Crippen MR) is 123 cm³/mol. The summed E-state index contributed by atoms with van der Waals surface area (Å²) >= 11 is 6.32. The fourth-order valence-electron chi connectivity index (χ4n) is 3.65. The zero-order valence-corrected chi connectivity index (χ0v) is 18.7. The van der Waals surface area contributed by atoms with Crippen LogP contribution in [0.15, 0.2) is 48.5 Å². The number of ether oxygens (including phenoxy) is 1. The molecule has 3 rings (SSSR count). The Kier molecular flexibility index (Phi) is 8.57. The van der Waals surface area contributed by atoms with Crippen molar-refractivity contribution in [1.29, 1.82) is 0 Å². The molecular weight excluding hydrogens is 407 g/mol. The summed E-state index contributed by atoms with van der Waals surface area (Å²) in [6.07, 6.45) is 0. The number of benzene rings is 2. The van der Waals surface area contributed by atoms with Crippen LogP contribution in [0.25, 0.3) is 22.0 Å². The summed E-state index contributed by atoms with van der Waals surface area (Å²) < 4.78 is 7.51. The Hall–Kier alpha value is -2.01. The molecule has 0 radical (unpaired) electrons. The number of carbonyl (C=O) groups is 1. The van der Waals surface area contributed by atoms with E-state index in [1.807, 2.05) is 43.3 Å². The van der Waals surface area contributed by atoms with Gasteiger partial charge in [-0.2, -0.15) is 0 Å². The number of rotatable bonds is 8. The van der Waals surface area contributed by atoms with Gasteiger partial charge in [-0.05, 0) is 37.7 Å². The van der Waals surface area contributed by atoms with Crippen molar-refractivity contribution in [1.82, 2.24) is 9.47 Å². The van der Waals surface area contributed by atoms with E-state index in [4.69, 9.17) is 16.3 Å². The van der Waals surface area contributed by atoms with Crippen LogP contribution in [-0.2, 0) is 11.3 Å². The highest BCUT2D eigenvalue weighted by atomic mass is 35.5. The average molecular weight is 435 g/mol. The first kappa shape index (κ1) is 23.3. The standard InChI is InChI=1S/C23H27ClN2O2.ClH/c1-4-25(5-2)14-15-26-21(17-10-8-7-9-11-17)20-16-18(24)12-13-19(20)22(26)23(27)28-6-3;/h7-13,16H,4-6,14-15H2,1-3H3;1H. The SMILES string of the molecule is CCOC(=O)c1c2ccc(Cl)cc2c(-c2ccccc2)n1CCN(CC)CC.Cl. The largest absolute Gasteiger partial charge is 0.461 e. The number of hydrogen-bond acceptors (Lipinski definition) is 3. The lowest BCUT2D eigenvalue weighted by atomic mass is 10.1. The lowest BCUT2D eigenvalue weighted by molar-refractivity contribution is 0.0515. The normalized spacial score (nSPS) is 10.9. The minimum atomic E-state index is -0.295. The molecule has 6 heteroatoms. The van der Waals surface area contributed by atoms with E-state index in [-0.39, 0.29) is 18.4 Å². The molecule has 29 heavy (non-hydrogen) atoms. The Morgan fingerprint density at radius 3 is 2.34 bits per heavy atom. The van der Waals surface area contributed by atoms with Gasteiger partial charge >= 0.3 is 5.97 Å². The molecule has 0 unspecified atom stereocenters. The highest BCUT2D eigenvalue weighted by Crippen LogP contribution is 2.36. The summed E-state index contributed by atoms with van der Waals surface area (Å²) in [6.45, 7) is 9.98. The molecule has 0 saturated heterocycles. The highest BCUT2D eigenvalue weighted by molar-refractivity contribution is 6.31. The van der Waals surface area contributed by atoms with Crippen LogP contribution in [0.2, 0.25) is 5.02 Å². The fraction of sp³-hybridized carbons (Fsp3) is 0.348. The quantitative estimate of drug-likeness (QED) is 0.413. The maximum Gasteiger partial charge on any atom is 0.355 e. The third-order valence-corrected chi connectivity index (χ3v) is 5.32. The van der Waals surface area contributed by atoms with Crippen LogP contribution >= 0.6 is 24.0 Å². The molecule has 0 aliphatic heterocycles. The Bertz CT molecular complexity index is 950. The molecule has 1 heterocycles. The summed E-state index contributed by atoms with van der Waals surface area (Å²) in [6, 6.07) is 15.8. The minimum Gasteiger partial charge on any atom is -0.461 e. The van der Waals surface area contributed by atoms with Crippen molar-refractivity contribution >= 4 is 40.7 Å². The summed E-state index contributed by atoms with van der Waals surface area (Å²) in [5, 5.41) is 2.50. The molecule has 1 aromatic heterocycles. The van der Waals surface area contributed by atoms with Gasteiger partial charge in [0.2, 0.25) is 0 Å². The van der Waals surface area contributed by atoms with Crippen LogP contribution in [0.3, 0.4) is 0 Å². The van der Waals surface area contributed by atoms with E-state index in [0.717, 1.165) is 41.7 Å². The molecule has 0 bridgehead atoms. The predicted octanol–water partition coefficient (Wildman–Crippen LogP) is 5.90. The number of aromatic nitrogens is 1. The number of carbonyl (C=O) groups excluding carboxylic acids is 1. The van der Waals surface area contributed by atoms with E-state index in [0.29, 0.717) is 23.9 Å². The first-order valence-electron chi connectivity index (χ1n) is 9.87. The molecule has 0 spiro atoms. The average Bonchev–Trinajstić information content (AvgIpc) is 3.02. The van der Waals surface area contributed by atoms with Gasteiger partial charge in [-0.1, -0.05) is 61.8 Å². The maximum atomic E-state index is 12.9. The van der Waals surface area contributed by atoms with Crippen molar-refractivity contribution in [2.75, 3.05) is 26.2 Å². The van der Waals surface area contributed by atoms with Gasteiger partial charge in [0.05, 0.1) is 12.3 Å². The summed E-state index contributed by atoms with van der Waals surface area (Å²) in [4.78, 5) is 15.3. The van der Waals surface area contributed by atoms with Gasteiger partial charge in [0, 0.05) is 28.9 Å². The van der Waals surface area contributed by atoms with Gasteiger partial charge in [-0.3, -0.25) is 0 Å². The molecule has 0 N–H and O–H groups in total. The second kappa shape index (κ2) is 10.7. The number of nitrogens with zero attached hydrogens (tertiary/aromatic N) is 2. The molecular formula is C23H28Cl2N2O2. The minimum absolute atomic E-state index is 0. The number of fused-ring (bicyclic) bond motifs is 1. The van der Waals surface area contributed by atoms with E-state index >= 15 is 0 Å². The molecule has 0 saturated carbocycles. The number of halogens is 2. The van der Waals surface area contributed by atoms with Crippen LogP contribution in [0.5, 0.6) is 0 Å². The second-order valence-electron chi connectivity index (χ2n) is 6.65. The van der Waals surface area contributed by atoms with Crippen molar-refractivity contribution in [3.8, 4) is 11.3 Å². The van der Waals surface area contributed by atoms with E-state index in [2.05, 4.69) is 35.4 Å². The summed E-state index contributed by atoms with van der Waals surface area (Å²) in [7, 11) is 0. The maximum absolute atomic E-state index is 12.9. The first-order chi connectivity index (χ1) is 13.6. The van der Waals surface area contributed by atoms with Gasteiger partial charge in [-0.25, -0.2) is 4.79 Å². The van der Waals surface area contributed by atoms with E-state index < -0.39 is 0 Å². The van der Waals surface area contributed by atoms with E-state index in [1.165, 1.54) is 0 Å². The van der Waals surface area contributed by atoms with E-state index in [1.54, 1.807) is 0 Å². The van der Waals surface area contributed by atoms with Gasteiger partial charge in [0.15, 0.2) is 0 Å². The van der Waals surface area contributed by atoms with Gasteiger partial charge in [-0.15, -0.1) is 12.4 Å². The van der Waals surface area contributed by atoms with E-state index in [9.17, 15) is 4.79 Å². The molecule has 156 valence electrons. The Morgan fingerprint density at radius 1 is 1.03 bits per heavy atom. The third kappa shape index (κ3) is 4.95.